The van der Waals surface area contributed by atoms with Crippen LogP contribution in [-0.2, 0) is 19.3 Å². The topological polar surface area (TPSA) is 41.1 Å². The van der Waals surface area contributed by atoms with Crippen molar-refractivity contribution in [1.29, 1.82) is 0 Å². The monoisotopic (exact) mass is 424 g/mol. The fourth-order valence-electron chi connectivity index (χ4n) is 3.61. The van der Waals surface area contributed by atoms with E-state index in [4.69, 9.17) is 0 Å². The lowest BCUT2D eigenvalue weighted by atomic mass is 10.1. The van der Waals surface area contributed by atoms with Crippen molar-refractivity contribution in [3.05, 3.63) is 107 Å². The maximum absolute atomic E-state index is 12.6. The van der Waals surface area contributed by atoms with E-state index >= 15 is 0 Å². The number of hydrogen-bond acceptors (Lipinski definition) is 2. The van der Waals surface area contributed by atoms with Crippen molar-refractivity contribution in [2.24, 2.45) is 0 Å². The van der Waals surface area contributed by atoms with Gasteiger partial charge in [-0.15, -0.1) is 0 Å². The number of halogens is 3. The number of benzene rings is 3. The molecule has 0 aliphatic heterocycles. The first-order valence-electron chi connectivity index (χ1n) is 10.2. The molecule has 1 amide bonds. The van der Waals surface area contributed by atoms with E-state index < -0.39 is 11.7 Å². The Morgan fingerprint density at radius 1 is 0.839 bits per heavy atom. The molecule has 3 aromatic carbocycles. The quantitative estimate of drug-likeness (QED) is 0.542. The first-order chi connectivity index (χ1) is 14.9. The molecule has 6 heteroatoms. The average Bonchev–Trinajstić information content (AvgIpc) is 3.56. The number of carbonyl (C=O) groups excluding carboxylic acids is 1. The van der Waals surface area contributed by atoms with Gasteiger partial charge in [0.1, 0.15) is 0 Å². The Labute approximate surface area is 179 Å². The van der Waals surface area contributed by atoms with Gasteiger partial charge < -0.3 is 10.6 Å². The van der Waals surface area contributed by atoms with Crippen LogP contribution < -0.4 is 10.6 Å². The number of nitrogens with one attached hydrogen (secondary N) is 2. The zero-order valence-corrected chi connectivity index (χ0v) is 16.8. The number of hydrogen-bond donors (Lipinski definition) is 2. The molecule has 1 aliphatic rings. The maximum atomic E-state index is 12.6. The molecule has 2 atom stereocenters. The first kappa shape index (κ1) is 21.1. The summed E-state index contributed by atoms with van der Waals surface area (Å²) in [5, 5.41) is 6.31. The summed E-state index contributed by atoms with van der Waals surface area (Å²) >= 11 is 0. The molecule has 0 radical (unpaired) electrons. The zero-order valence-electron chi connectivity index (χ0n) is 16.8. The SMILES string of the molecule is O=C(NCc1ccccc1)c1ccc([C@@H]2C[C@H]2NCc2ccc(C(F)(F)F)cc2)cc1. The second-order valence-electron chi connectivity index (χ2n) is 7.81. The summed E-state index contributed by atoms with van der Waals surface area (Å²) in [6, 6.07) is 22.9. The second-order valence-corrected chi connectivity index (χ2v) is 7.81. The highest BCUT2D eigenvalue weighted by molar-refractivity contribution is 5.94. The fraction of sp³-hybridized carbons (Fsp3) is 0.240. The largest absolute Gasteiger partial charge is 0.416 e. The van der Waals surface area contributed by atoms with E-state index in [1.165, 1.54) is 12.1 Å². The number of carbonyl (C=O) groups is 1. The number of amides is 1. The van der Waals surface area contributed by atoms with E-state index in [0.29, 0.717) is 30.6 Å². The van der Waals surface area contributed by atoms with Crippen LogP contribution in [0.2, 0.25) is 0 Å². The third-order valence-corrected chi connectivity index (χ3v) is 5.54. The van der Waals surface area contributed by atoms with Gasteiger partial charge in [0.05, 0.1) is 5.56 Å². The lowest BCUT2D eigenvalue weighted by Crippen LogP contribution is -2.22. The van der Waals surface area contributed by atoms with Crippen molar-refractivity contribution in [3.8, 4) is 0 Å². The molecule has 1 aliphatic carbocycles. The molecule has 2 N–H and O–H groups in total. The molecule has 0 spiro atoms. The molecule has 0 unspecified atom stereocenters. The van der Waals surface area contributed by atoms with Gasteiger partial charge in [0, 0.05) is 30.6 Å². The van der Waals surface area contributed by atoms with Gasteiger partial charge in [0.2, 0.25) is 0 Å². The Morgan fingerprint density at radius 2 is 1.48 bits per heavy atom. The minimum absolute atomic E-state index is 0.108. The molecule has 0 saturated heterocycles. The van der Waals surface area contributed by atoms with Crippen LogP contribution in [0, 0.1) is 0 Å². The van der Waals surface area contributed by atoms with E-state index in [1.807, 2.05) is 54.6 Å². The van der Waals surface area contributed by atoms with Crippen LogP contribution in [0.3, 0.4) is 0 Å². The molecule has 4 rings (SSSR count). The van der Waals surface area contributed by atoms with E-state index in [2.05, 4.69) is 10.6 Å². The molecular weight excluding hydrogens is 401 g/mol. The Balaban J connectivity index is 1.25. The van der Waals surface area contributed by atoms with Gasteiger partial charge in [0.15, 0.2) is 0 Å². The third kappa shape index (κ3) is 5.52. The summed E-state index contributed by atoms with van der Waals surface area (Å²) in [6.45, 7) is 1.01. The summed E-state index contributed by atoms with van der Waals surface area (Å²) in [6.07, 6.45) is -3.33. The van der Waals surface area contributed by atoms with E-state index in [0.717, 1.165) is 35.2 Å². The molecule has 0 heterocycles. The Morgan fingerprint density at radius 3 is 2.13 bits per heavy atom. The van der Waals surface area contributed by atoms with Crippen LogP contribution in [0.5, 0.6) is 0 Å². The minimum Gasteiger partial charge on any atom is -0.348 e. The van der Waals surface area contributed by atoms with Crippen LogP contribution >= 0.6 is 0 Å². The lowest BCUT2D eigenvalue weighted by Gasteiger charge is -2.09. The second kappa shape index (κ2) is 8.94. The standard InChI is InChI=1S/C25H23F3N2O/c26-25(27,28)21-12-6-18(7-13-21)15-29-23-14-22(23)19-8-10-20(11-9-19)24(31)30-16-17-4-2-1-3-5-17/h1-13,22-23,29H,14-16H2,(H,30,31)/t22-,23+/m0/s1. The smallest absolute Gasteiger partial charge is 0.348 e. The van der Waals surface area contributed by atoms with Crippen molar-refractivity contribution in [1.82, 2.24) is 10.6 Å². The van der Waals surface area contributed by atoms with E-state index in [1.54, 1.807) is 0 Å². The zero-order chi connectivity index (χ0) is 21.8. The molecule has 1 fully saturated rings. The van der Waals surface area contributed by atoms with Gasteiger partial charge >= 0.3 is 6.18 Å². The molecule has 160 valence electrons. The highest BCUT2D eigenvalue weighted by Crippen LogP contribution is 2.41. The van der Waals surface area contributed by atoms with Crippen molar-refractivity contribution < 1.29 is 18.0 Å². The average molecular weight is 424 g/mol. The van der Waals surface area contributed by atoms with Gasteiger partial charge in [-0.1, -0.05) is 54.6 Å². The van der Waals surface area contributed by atoms with Crippen LogP contribution in [0.4, 0.5) is 13.2 Å². The predicted molar refractivity (Wildman–Crippen MR) is 113 cm³/mol. The highest BCUT2D eigenvalue weighted by atomic mass is 19.4. The maximum Gasteiger partial charge on any atom is 0.416 e. The molecule has 0 bridgehead atoms. The summed E-state index contributed by atoms with van der Waals surface area (Å²) in [7, 11) is 0. The Kier molecular flexibility index (Phi) is 6.09. The van der Waals surface area contributed by atoms with Gasteiger partial charge in [0.25, 0.3) is 5.91 Å². The Hall–Kier alpha value is -3.12. The van der Waals surface area contributed by atoms with Crippen molar-refractivity contribution in [2.45, 2.75) is 37.6 Å². The van der Waals surface area contributed by atoms with E-state index in [-0.39, 0.29) is 5.91 Å². The van der Waals surface area contributed by atoms with Gasteiger partial charge in [-0.25, -0.2) is 0 Å². The summed E-state index contributed by atoms with van der Waals surface area (Å²) in [4.78, 5) is 12.3. The predicted octanol–water partition coefficient (Wildman–Crippen LogP) is 5.28. The lowest BCUT2D eigenvalue weighted by molar-refractivity contribution is -0.137. The number of rotatable bonds is 7. The van der Waals surface area contributed by atoms with Crippen molar-refractivity contribution in [2.75, 3.05) is 0 Å². The highest BCUT2D eigenvalue weighted by Gasteiger charge is 2.37. The number of alkyl halides is 3. The van der Waals surface area contributed by atoms with Gasteiger partial charge in [-0.2, -0.15) is 13.2 Å². The minimum atomic E-state index is -4.31. The van der Waals surface area contributed by atoms with Crippen LogP contribution in [0.25, 0.3) is 0 Å². The normalized spacial score (nSPS) is 17.9. The van der Waals surface area contributed by atoms with Crippen LogP contribution in [0.1, 0.15) is 45.0 Å². The van der Waals surface area contributed by atoms with Gasteiger partial charge in [-0.05, 0) is 47.4 Å². The summed E-state index contributed by atoms with van der Waals surface area (Å²) in [5.74, 6) is 0.249. The van der Waals surface area contributed by atoms with Crippen molar-refractivity contribution in [3.63, 3.8) is 0 Å². The summed E-state index contributed by atoms with van der Waals surface area (Å²) < 4.78 is 37.9. The van der Waals surface area contributed by atoms with Crippen molar-refractivity contribution >= 4 is 5.91 Å². The fourth-order valence-corrected chi connectivity index (χ4v) is 3.61. The van der Waals surface area contributed by atoms with Crippen LogP contribution in [-0.4, -0.2) is 11.9 Å². The molecule has 31 heavy (non-hydrogen) atoms. The molecule has 0 aromatic heterocycles. The molecule has 3 nitrogen and oxygen atoms in total. The molecule has 1 saturated carbocycles. The first-order valence-corrected chi connectivity index (χ1v) is 10.2. The van der Waals surface area contributed by atoms with Gasteiger partial charge in [-0.3, -0.25) is 4.79 Å². The molecule has 3 aromatic rings. The third-order valence-electron chi connectivity index (χ3n) is 5.54. The summed E-state index contributed by atoms with van der Waals surface area (Å²) in [5.41, 5.74) is 3.02. The molecular formula is C25H23F3N2O. The Bertz CT molecular complexity index is 1020. The van der Waals surface area contributed by atoms with Crippen LogP contribution in [0.15, 0.2) is 78.9 Å². The van der Waals surface area contributed by atoms with E-state index in [9.17, 15) is 18.0 Å².